The summed E-state index contributed by atoms with van der Waals surface area (Å²) in [6.07, 6.45) is 0. The second-order valence-corrected chi connectivity index (χ2v) is 5.90. The largest absolute Gasteiger partial charge is 0.478 e. The van der Waals surface area contributed by atoms with Crippen molar-refractivity contribution in [1.29, 1.82) is 0 Å². The Labute approximate surface area is 155 Å². The number of rotatable bonds is 5. The molecule has 0 atom stereocenters. The molecule has 27 heavy (non-hydrogen) atoms. The van der Waals surface area contributed by atoms with Crippen LogP contribution < -0.4 is 11.1 Å². The fourth-order valence-corrected chi connectivity index (χ4v) is 2.69. The Bertz CT molecular complexity index is 1000. The van der Waals surface area contributed by atoms with Crippen LogP contribution in [0.5, 0.6) is 0 Å². The molecule has 0 saturated carbocycles. The lowest BCUT2D eigenvalue weighted by molar-refractivity contribution is 0.0698. The van der Waals surface area contributed by atoms with Gasteiger partial charge < -0.3 is 16.2 Å². The van der Waals surface area contributed by atoms with Gasteiger partial charge in [0.05, 0.1) is 11.3 Å². The van der Waals surface area contributed by atoms with E-state index in [0.29, 0.717) is 22.3 Å². The van der Waals surface area contributed by atoms with Crippen LogP contribution >= 0.6 is 0 Å². The summed E-state index contributed by atoms with van der Waals surface area (Å²) in [7, 11) is 0. The maximum atomic E-state index is 14.0. The van der Waals surface area contributed by atoms with E-state index in [0.717, 1.165) is 0 Å². The van der Waals surface area contributed by atoms with Crippen LogP contribution in [0.15, 0.2) is 66.7 Å². The zero-order valence-electron chi connectivity index (χ0n) is 14.3. The number of benzene rings is 3. The van der Waals surface area contributed by atoms with Gasteiger partial charge in [0.25, 0.3) is 5.91 Å². The normalized spacial score (nSPS) is 10.4. The maximum absolute atomic E-state index is 14.0. The molecule has 0 aromatic heterocycles. The zero-order chi connectivity index (χ0) is 19.4. The Kier molecular flexibility index (Phi) is 5.28. The summed E-state index contributed by atoms with van der Waals surface area (Å²) in [6.45, 7) is 0.0858. The molecule has 0 radical (unpaired) electrons. The first-order valence-corrected chi connectivity index (χ1v) is 8.22. The van der Waals surface area contributed by atoms with E-state index in [2.05, 4.69) is 5.32 Å². The molecule has 0 aliphatic carbocycles. The van der Waals surface area contributed by atoms with Crippen molar-refractivity contribution >= 4 is 17.6 Å². The van der Waals surface area contributed by atoms with Gasteiger partial charge in [-0.3, -0.25) is 4.79 Å². The average Bonchev–Trinajstić information content (AvgIpc) is 2.68. The highest BCUT2D eigenvalue weighted by Gasteiger charge is 2.15. The molecule has 0 spiro atoms. The van der Waals surface area contributed by atoms with Crippen LogP contribution in [0, 0.1) is 5.82 Å². The lowest BCUT2D eigenvalue weighted by atomic mass is 10.0. The van der Waals surface area contributed by atoms with Crippen LogP contribution in [0.25, 0.3) is 11.1 Å². The average molecular weight is 364 g/mol. The number of carboxylic acid groups (broad SMARTS) is 1. The number of anilines is 1. The highest BCUT2D eigenvalue weighted by atomic mass is 19.1. The van der Waals surface area contributed by atoms with Crippen LogP contribution in [-0.4, -0.2) is 17.0 Å². The SMILES string of the molecule is NCc1ccc(-c2ccc(C(=O)O)c(NC(=O)c3ccccc3)c2)cc1F. The van der Waals surface area contributed by atoms with Crippen molar-refractivity contribution < 1.29 is 19.1 Å². The molecule has 0 heterocycles. The van der Waals surface area contributed by atoms with Gasteiger partial charge in [0.15, 0.2) is 0 Å². The van der Waals surface area contributed by atoms with Gasteiger partial charge in [-0.15, -0.1) is 0 Å². The van der Waals surface area contributed by atoms with Crippen molar-refractivity contribution in [1.82, 2.24) is 0 Å². The molecule has 0 unspecified atom stereocenters. The standard InChI is InChI=1S/C21H17FN2O3/c22-18-10-14(6-7-16(18)12-23)15-8-9-17(21(26)27)19(11-15)24-20(25)13-4-2-1-3-5-13/h1-11H,12,23H2,(H,24,25)(H,26,27). The highest BCUT2D eigenvalue weighted by molar-refractivity contribution is 6.08. The van der Waals surface area contributed by atoms with Gasteiger partial charge in [0, 0.05) is 17.7 Å². The van der Waals surface area contributed by atoms with E-state index in [-0.39, 0.29) is 17.8 Å². The van der Waals surface area contributed by atoms with Gasteiger partial charge in [0.2, 0.25) is 0 Å². The number of carboxylic acids is 1. The number of hydrogen-bond donors (Lipinski definition) is 3. The molecule has 0 fully saturated rings. The van der Waals surface area contributed by atoms with Crippen LogP contribution in [0.4, 0.5) is 10.1 Å². The van der Waals surface area contributed by atoms with Gasteiger partial charge in [-0.1, -0.05) is 36.4 Å². The summed E-state index contributed by atoms with van der Waals surface area (Å²) in [4.78, 5) is 23.9. The third kappa shape index (κ3) is 4.02. The summed E-state index contributed by atoms with van der Waals surface area (Å²) in [5.41, 5.74) is 7.47. The topological polar surface area (TPSA) is 92.4 Å². The van der Waals surface area contributed by atoms with Gasteiger partial charge in [-0.25, -0.2) is 9.18 Å². The number of nitrogens with two attached hydrogens (primary N) is 1. The van der Waals surface area contributed by atoms with Gasteiger partial charge in [-0.05, 0) is 41.5 Å². The molecular weight excluding hydrogens is 347 g/mol. The van der Waals surface area contributed by atoms with Crippen LogP contribution in [-0.2, 0) is 6.54 Å². The minimum Gasteiger partial charge on any atom is -0.478 e. The molecule has 136 valence electrons. The van der Waals surface area contributed by atoms with Crippen molar-refractivity contribution in [3.05, 3.63) is 89.2 Å². The van der Waals surface area contributed by atoms with E-state index in [1.807, 2.05) is 0 Å². The Balaban J connectivity index is 1.99. The maximum Gasteiger partial charge on any atom is 0.337 e. The molecule has 0 bridgehead atoms. The third-order valence-corrected chi connectivity index (χ3v) is 4.14. The summed E-state index contributed by atoms with van der Waals surface area (Å²) < 4.78 is 14.0. The Morgan fingerprint density at radius 3 is 2.26 bits per heavy atom. The zero-order valence-corrected chi connectivity index (χ0v) is 14.3. The first-order chi connectivity index (χ1) is 13.0. The molecule has 5 nitrogen and oxygen atoms in total. The fraction of sp³-hybridized carbons (Fsp3) is 0.0476. The first-order valence-electron chi connectivity index (χ1n) is 8.22. The minimum absolute atomic E-state index is 0.0536. The number of carbonyl (C=O) groups excluding carboxylic acids is 1. The van der Waals surface area contributed by atoms with Gasteiger partial charge in [0.1, 0.15) is 5.82 Å². The van der Waals surface area contributed by atoms with E-state index in [1.54, 1.807) is 48.5 Å². The van der Waals surface area contributed by atoms with E-state index in [9.17, 15) is 19.1 Å². The highest BCUT2D eigenvalue weighted by Crippen LogP contribution is 2.27. The second kappa shape index (κ2) is 7.80. The lowest BCUT2D eigenvalue weighted by Crippen LogP contribution is -2.14. The fourth-order valence-electron chi connectivity index (χ4n) is 2.69. The molecular formula is C21H17FN2O3. The molecule has 0 aliphatic rings. The Morgan fingerprint density at radius 2 is 1.63 bits per heavy atom. The van der Waals surface area contributed by atoms with Crippen molar-refractivity contribution in [2.24, 2.45) is 5.73 Å². The van der Waals surface area contributed by atoms with Crippen LogP contribution in [0.3, 0.4) is 0 Å². The predicted octanol–water partition coefficient (Wildman–Crippen LogP) is 3.90. The number of aromatic carboxylic acids is 1. The minimum atomic E-state index is -1.17. The number of nitrogens with one attached hydrogen (secondary N) is 1. The molecule has 3 aromatic carbocycles. The van der Waals surface area contributed by atoms with E-state index in [1.165, 1.54) is 18.2 Å². The number of hydrogen-bond acceptors (Lipinski definition) is 3. The lowest BCUT2D eigenvalue weighted by Gasteiger charge is -2.12. The van der Waals surface area contributed by atoms with Crippen molar-refractivity contribution in [2.75, 3.05) is 5.32 Å². The number of carbonyl (C=O) groups is 2. The monoisotopic (exact) mass is 364 g/mol. The molecule has 4 N–H and O–H groups in total. The number of halogens is 1. The van der Waals surface area contributed by atoms with Crippen molar-refractivity contribution in [2.45, 2.75) is 6.54 Å². The van der Waals surface area contributed by atoms with E-state index < -0.39 is 17.7 Å². The number of amides is 1. The summed E-state index contributed by atoms with van der Waals surface area (Å²) in [5.74, 6) is -2.04. The second-order valence-electron chi connectivity index (χ2n) is 5.90. The molecule has 3 rings (SSSR count). The van der Waals surface area contributed by atoms with Crippen molar-refractivity contribution in [3.8, 4) is 11.1 Å². The third-order valence-electron chi connectivity index (χ3n) is 4.14. The Hall–Kier alpha value is -3.51. The van der Waals surface area contributed by atoms with Gasteiger partial charge >= 0.3 is 5.97 Å². The molecule has 6 heteroatoms. The van der Waals surface area contributed by atoms with Crippen LogP contribution in [0.2, 0.25) is 0 Å². The molecule has 1 amide bonds. The predicted molar refractivity (Wildman–Crippen MR) is 101 cm³/mol. The molecule has 0 aliphatic heterocycles. The summed E-state index contributed by atoms with van der Waals surface area (Å²) in [5, 5.41) is 12.0. The quantitative estimate of drug-likeness (QED) is 0.640. The first kappa shape index (κ1) is 18.3. The van der Waals surface area contributed by atoms with E-state index >= 15 is 0 Å². The van der Waals surface area contributed by atoms with E-state index in [4.69, 9.17) is 5.73 Å². The molecule has 0 saturated heterocycles. The summed E-state index contributed by atoms with van der Waals surface area (Å²) in [6, 6.07) is 17.5. The summed E-state index contributed by atoms with van der Waals surface area (Å²) >= 11 is 0. The van der Waals surface area contributed by atoms with Crippen LogP contribution in [0.1, 0.15) is 26.3 Å². The smallest absolute Gasteiger partial charge is 0.337 e. The Morgan fingerprint density at radius 1 is 0.963 bits per heavy atom. The molecule has 3 aromatic rings. The van der Waals surface area contributed by atoms with Crippen molar-refractivity contribution in [3.63, 3.8) is 0 Å². The van der Waals surface area contributed by atoms with Gasteiger partial charge in [-0.2, -0.15) is 0 Å².